The van der Waals surface area contributed by atoms with Gasteiger partial charge in [-0.3, -0.25) is 4.57 Å². The summed E-state index contributed by atoms with van der Waals surface area (Å²) in [6, 6.07) is 7.39. The molecule has 0 spiro atoms. The Labute approximate surface area is 185 Å². The number of ether oxygens (including phenoxy) is 2. The normalized spacial score (nSPS) is 25.0. The van der Waals surface area contributed by atoms with Crippen molar-refractivity contribution in [3.8, 4) is 0 Å². The van der Waals surface area contributed by atoms with Gasteiger partial charge in [0.2, 0.25) is 0 Å². The molecule has 0 saturated carbocycles. The monoisotopic (exact) mass is 453 g/mol. The summed E-state index contributed by atoms with van der Waals surface area (Å²) in [6.07, 6.45) is -3.99. The van der Waals surface area contributed by atoms with Gasteiger partial charge < -0.3 is 30.5 Å². The van der Waals surface area contributed by atoms with Crippen molar-refractivity contribution in [2.45, 2.75) is 58.0 Å². The van der Waals surface area contributed by atoms with Crippen LogP contribution in [0.2, 0.25) is 5.02 Å². The van der Waals surface area contributed by atoms with E-state index in [-0.39, 0.29) is 23.9 Å². The van der Waals surface area contributed by atoms with Crippen LogP contribution in [0.4, 0.5) is 5.82 Å². The second-order valence-corrected chi connectivity index (χ2v) is 9.06. The zero-order valence-electron chi connectivity index (χ0n) is 17.6. The van der Waals surface area contributed by atoms with Gasteiger partial charge in [-0.1, -0.05) is 50.6 Å². The standard InChI is InChI=1S/C21H28ClN3O6/c1-21(2,3)17(12-6-4-5-7-13(12)22)30-10-11-8-25(20(29)24-18(11)23)19-16(28)15(27)14(9-26)31-19/h4-8,14-17,19,26-28H,9-10H2,1-3H3,(H2,23,24,29)/t14-,15-,16-,17?,19-/m1/s1. The maximum Gasteiger partial charge on any atom is 0.351 e. The first-order chi connectivity index (χ1) is 14.5. The quantitative estimate of drug-likeness (QED) is 0.514. The van der Waals surface area contributed by atoms with Gasteiger partial charge in [-0.05, 0) is 17.0 Å². The first-order valence-corrected chi connectivity index (χ1v) is 10.3. The molecule has 0 aliphatic carbocycles. The molecule has 2 heterocycles. The summed E-state index contributed by atoms with van der Waals surface area (Å²) in [5.74, 6) is -0.0141. The van der Waals surface area contributed by atoms with Gasteiger partial charge in [0.1, 0.15) is 24.1 Å². The molecular formula is C21H28ClN3O6. The van der Waals surface area contributed by atoms with E-state index >= 15 is 0 Å². The van der Waals surface area contributed by atoms with Gasteiger partial charge in [0.15, 0.2) is 6.23 Å². The summed E-state index contributed by atoms with van der Waals surface area (Å²) >= 11 is 6.38. The summed E-state index contributed by atoms with van der Waals surface area (Å²) in [5.41, 5.74) is 6.11. The van der Waals surface area contributed by atoms with Crippen LogP contribution in [0, 0.1) is 5.41 Å². The fourth-order valence-electron chi connectivity index (χ4n) is 3.59. The fourth-order valence-corrected chi connectivity index (χ4v) is 3.83. The van der Waals surface area contributed by atoms with Crippen LogP contribution in [0.1, 0.15) is 44.2 Å². The minimum Gasteiger partial charge on any atom is -0.394 e. The predicted molar refractivity (Wildman–Crippen MR) is 114 cm³/mol. The van der Waals surface area contributed by atoms with E-state index in [2.05, 4.69) is 4.98 Å². The molecule has 1 saturated heterocycles. The Balaban J connectivity index is 1.89. The lowest BCUT2D eigenvalue weighted by molar-refractivity contribution is -0.0559. The SMILES string of the molecule is CC(C)(C)C(OCc1cn([C@@H]2O[C@H](CO)[C@@H](O)[C@H]2O)c(=O)nc1N)c1ccccc1Cl. The van der Waals surface area contributed by atoms with Crippen molar-refractivity contribution in [1.82, 2.24) is 9.55 Å². The Hall–Kier alpha value is -2.01. The number of aromatic nitrogens is 2. The molecule has 31 heavy (non-hydrogen) atoms. The van der Waals surface area contributed by atoms with E-state index in [1.165, 1.54) is 6.20 Å². The van der Waals surface area contributed by atoms with Gasteiger partial charge in [-0.2, -0.15) is 4.98 Å². The molecule has 0 amide bonds. The van der Waals surface area contributed by atoms with Crippen molar-refractivity contribution in [2.24, 2.45) is 5.41 Å². The average molecular weight is 454 g/mol. The molecular weight excluding hydrogens is 426 g/mol. The third kappa shape index (κ3) is 4.92. The number of rotatable bonds is 6. The Morgan fingerprint density at radius 3 is 2.55 bits per heavy atom. The van der Waals surface area contributed by atoms with Crippen molar-refractivity contribution in [3.05, 3.63) is 57.1 Å². The molecule has 5 atom stereocenters. The Bertz CT molecular complexity index is 976. The number of halogens is 1. The smallest absolute Gasteiger partial charge is 0.351 e. The highest BCUT2D eigenvalue weighted by molar-refractivity contribution is 6.31. The molecule has 2 aromatic rings. The van der Waals surface area contributed by atoms with Crippen LogP contribution in [-0.2, 0) is 16.1 Å². The minimum atomic E-state index is -1.42. The number of nitrogens with zero attached hydrogens (tertiary/aromatic N) is 2. The fraction of sp³-hybridized carbons (Fsp3) is 0.524. The van der Waals surface area contributed by atoms with Crippen molar-refractivity contribution in [2.75, 3.05) is 12.3 Å². The van der Waals surface area contributed by atoms with Gasteiger partial charge in [-0.25, -0.2) is 4.79 Å². The number of anilines is 1. The predicted octanol–water partition coefficient (Wildman–Crippen LogP) is 1.39. The van der Waals surface area contributed by atoms with Crippen molar-refractivity contribution in [3.63, 3.8) is 0 Å². The molecule has 0 radical (unpaired) electrons. The molecule has 1 aromatic carbocycles. The largest absolute Gasteiger partial charge is 0.394 e. The van der Waals surface area contributed by atoms with Crippen LogP contribution in [0.5, 0.6) is 0 Å². The molecule has 0 bridgehead atoms. The third-order valence-electron chi connectivity index (χ3n) is 5.23. The van der Waals surface area contributed by atoms with Crippen LogP contribution < -0.4 is 11.4 Å². The van der Waals surface area contributed by atoms with E-state index < -0.39 is 36.8 Å². The van der Waals surface area contributed by atoms with E-state index in [1.807, 2.05) is 39.0 Å². The van der Waals surface area contributed by atoms with E-state index in [4.69, 9.17) is 26.8 Å². The lowest BCUT2D eigenvalue weighted by Crippen LogP contribution is -2.36. The van der Waals surface area contributed by atoms with Crippen LogP contribution in [0.3, 0.4) is 0 Å². The Morgan fingerprint density at radius 1 is 1.29 bits per heavy atom. The molecule has 3 rings (SSSR count). The van der Waals surface area contributed by atoms with E-state index in [9.17, 15) is 20.1 Å². The molecule has 1 fully saturated rings. The maximum absolute atomic E-state index is 12.4. The maximum atomic E-state index is 12.4. The number of nitrogens with two attached hydrogens (primary N) is 1. The second kappa shape index (κ2) is 9.23. The molecule has 1 aromatic heterocycles. The molecule has 1 unspecified atom stereocenters. The van der Waals surface area contributed by atoms with E-state index in [0.717, 1.165) is 10.1 Å². The molecule has 1 aliphatic rings. The highest BCUT2D eigenvalue weighted by Crippen LogP contribution is 2.40. The first kappa shape index (κ1) is 23.6. The van der Waals surface area contributed by atoms with Gasteiger partial charge >= 0.3 is 5.69 Å². The highest BCUT2D eigenvalue weighted by Gasteiger charge is 2.44. The molecule has 5 N–H and O–H groups in total. The second-order valence-electron chi connectivity index (χ2n) is 8.65. The number of aliphatic hydroxyl groups is 3. The van der Waals surface area contributed by atoms with Crippen LogP contribution in [-0.4, -0.2) is 49.8 Å². The number of hydrogen-bond donors (Lipinski definition) is 4. The zero-order chi connectivity index (χ0) is 22.9. The van der Waals surface area contributed by atoms with E-state index in [1.54, 1.807) is 6.07 Å². The summed E-state index contributed by atoms with van der Waals surface area (Å²) in [5, 5.41) is 30.1. The summed E-state index contributed by atoms with van der Waals surface area (Å²) < 4.78 is 12.7. The van der Waals surface area contributed by atoms with E-state index in [0.29, 0.717) is 10.6 Å². The zero-order valence-corrected chi connectivity index (χ0v) is 18.4. The lowest BCUT2D eigenvalue weighted by Gasteiger charge is -2.32. The van der Waals surface area contributed by atoms with Crippen LogP contribution in [0.15, 0.2) is 35.3 Å². The van der Waals surface area contributed by atoms with Crippen molar-refractivity contribution < 1.29 is 24.8 Å². The van der Waals surface area contributed by atoms with Crippen molar-refractivity contribution >= 4 is 17.4 Å². The Morgan fingerprint density at radius 2 is 1.97 bits per heavy atom. The molecule has 170 valence electrons. The highest BCUT2D eigenvalue weighted by atomic mass is 35.5. The number of aliphatic hydroxyl groups excluding tert-OH is 3. The third-order valence-corrected chi connectivity index (χ3v) is 5.58. The lowest BCUT2D eigenvalue weighted by atomic mass is 9.84. The molecule has 9 nitrogen and oxygen atoms in total. The summed E-state index contributed by atoms with van der Waals surface area (Å²) in [4.78, 5) is 16.2. The summed E-state index contributed by atoms with van der Waals surface area (Å²) in [7, 11) is 0. The van der Waals surface area contributed by atoms with Crippen LogP contribution in [0.25, 0.3) is 0 Å². The van der Waals surface area contributed by atoms with Gasteiger partial charge in [0.25, 0.3) is 0 Å². The first-order valence-electron chi connectivity index (χ1n) is 9.90. The number of hydrogen-bond acceptors (Lipinski definition) is 8. The van der Waals surface area contributed by atoms with Gasteiger partial charge in [0.05, 0.1) is 19.3 Å². The minimum absolute atomic E-state index is 0.0141. The Kier molecular flexibility index (Phi) is 7.04. The topological polar surface area (TPSA) is 140 Å². The van der Waals surface area contributed by atoms with Crippen LogP contribution >= 0.6 is 11.6 Å². The summed E-state index contributed by atoms with van der Waals surface area (Å²) in [6.45, 7) is 5.56. The molecule has 10 heteroatoms. The average Bonchev–Trinajstić information content (AvgIpc) is 2.98. The molecule has 1 aliphatic heterocycles. The van der Waals surface area contributed by atoms with Gasteiger partial charge in [0, 0.05) is 16.8 Å². The van der Waals surface area contributed by atoms with Gasteiger partial charge in [-0.15, -0.1) is 0 Å². The number of nitrogen functional groups attached to an aromatic ring is 1. The van der Waals surface area contributed by atoms with Crippen molar-refractivity contribution in [1.29, 1.82) is 0 Å². The number of benzene rings is 1.